The third kappa shape index (κ3) is 3.47. The van der Waals surface area contributed by atoms with Gasteiger partial charge in [0.05, 0.1) is 0 Å². The van der Waals surface area contributed by atoms with Crippen LogP contribution >= 0.6 is 11.6 Å². The summed E-state index contributed by atoms with van der Waals surface area (Å²) in [6.45, 7) is 0.182. The van der Waals surface area contributed by atoms with Gasteiger partial charge in [-0.25, -0.2) is 0 Å². The summed E-state index contributed by atoms with van der Waals surface area (Å²) >= 11 is 6.02. The third-order valence-electron chi connectivity index (χ3n) is 3.22. The summed E-state index contributed by atoms with van der Waals surface area (Å²) in [6.07, 6.45) is 1.57. The van der Waals surface area contributed by atoms with Gasteiger partial charge in [-0.15, -0.1) is 10.2 Å². The number of nitrogens with zero attached hydrogens (tertiary/aromatic N) is 3. The lowest BCUT2D eigenvalue weighted by molar-refractivity contribution is 0.0943. The highest BCUT2D eigenvalue weighted by molar-refractivity contribution is 6.31. The first-order valence-electron chi connectivity index (χ1n) is 7.05. The monoisotopic (exact) mass is 341 g/mol. The minimum absolute atomic E-state index is 0.182. The van der Waals surface area contributed by atoms with Gasteiger partial charge in [-0.2, -0.15) is 0 Å². The number of carbonyl (C=O) groups excluding carboxylic acids is 1. The van der Waals surface area contributed by atoms with Crippen molar-refractivity contribution in [1.82, 2.24) is 25.5 Å². The molecular weight excluding hydrogens is 330 g/mol. The van der Waals surface area contributed by atoms with Gasteiger partial charge in [0.1, 0.15) is 5.69 Å². The molecular formula is C16H12ClN5O2. The SMILES string of the molecule is O=C(NCc1ccccc1Cl)c1nnc(-c2ccccn2)[nH]c1=O. The van der Waals surface area contributed by atoms with Crippen molar-refractivity contribution in [3.8, 4) is 11.5 Å². The second-order valence-electron chi connectivity index (χ2n) is 4.84. The van der Waals surface area contributed by atoms with Gasteiger partial charge in [0.15, 0.2) is 5.82 Å². The largest absolute Gasteiger partial charge is 0.346 e. The molecule has 2 aromatic heterocycles. The molecule has 7 nitrogen and oxygen atoms in total. The lowest BCUT2D eigenvalue weighted by atomic mass is 10.2. The van der Waals surface area contributed by atoms with Gasteiger partial charge in [-0.1, -0.05) is 35.9 Å². The van der Waals surface area contributed by atoms with Crippen molar-refractivity contribution >= 4 is 17.5 Å². The molecule has 0 spiro atoms. The van der Waals surface area contributed by atoms with E-state index in [9.17, 15) is 9.59 Å². The second kappa shape index (κ2) is 7.01. The Bertz CT molecular complexity index is 927. The van der Waals surface area contributed by atoms with Gasteiger partial charge in [0.2, 0.25) is 5.69 Å². The van der Waals surface area contributed by atoms with Crippen molar-refractivity contribution in [2.45, 2.75) is 6.54 Å². The van der Waals surface area contributed by atoms with Crippen LogP contribution in [0.4, 0.5) is 0 Å². The van der Waals surface area contributed by atoms with E-state index in [1.54, 1.807) is 42.6 Å². The van der Waals surface area contributed by atoms with Crippen LogP contribution in [0.2, 0.25) is 5.02 Å². The maximum Gasteiger partial charge on any atom is 0.283 e. The predicted molar refractivity (Wildman–Crippen MR) is 88.5 cm³/mol. The van der Waals surface area contributed by atoms with Gasteiger partial charge in [0.25, 0.3) is 11.5 Å². The second-order valence-corrected chi connectivity index (χ2v) is 5.25. The number of aromatic nitrogens is 4. The first-order chi connectivity index (χ1) is 11.6. The number of amides is 1. The molecule has 2 heterocycles. The molecule has 0 unspecified atom stereocenters. The fourth-order valence-electron chi connectivity index (χ4n) is 2.00. The topological polar surface area (TPSA) is 101 Å². The standard InChI is InChI=1S/C16H12ClN5O2/c17-11-6-2-1-5-10(11)9-19-15(23)13-16(24)20-14(22-21-13)12-7-3-4-8-18-12/h1-8H,9H2,(H,19,23)(H,20,22,24). The lowest BCUT2D eigenvalue weighted by Gasteiger charge is -2.06. The molecule has 1 amide bonds. The smallest absolute Gasteiger partial charge is 0.283 e. The quantitative estimate of drug-likeness (QED) is 0.753. The number of carbonyl (C=O) groups is 1. The minimum atomic E-state index is -0.637. The van der Waals surface area contributed by atoms with E-state index in [1.807, 2.05) is 6.07 Å². The first kappa shape index (κ1) is 15.8. The molecule has 120 valence electrons. The van der Waals surface area contributed by atoms with Gasteiger partial charge < -0.3 is 10.3 Å². The van der Waals surface area contributed by atoms with Crippen molar-refractivity contribution in [2.24, 2.45) is 0 Å². The van der Waals surface area contributed by atoms with Crippen LogP contribution in [0.5, 0.6) is 0 Å². The minimum Gasteiger partial charge on any atom is -0.346 e. The van der Waals surface area contributed by atoms with E-state index in [4.69, 9.17) is 11.6 Å². The normalized spacial score (nSPS) is 10.4. The molecule has 3 aromatic rings. The van der Waals surface area contributed by atoms with E-state index in [0.29, 0.717) is 10.7 Å². The molecule has 8 heteroatoms. The van der Waals surface area contributed by atoms with Crippen LogP contribution < -0.4 is 10.9 Å². The molecule has 0 saturated heterocycles. The predicted octanol–water partition coefficient (Wildman–Crippen LogP) is 1.81. The zero-order chi connectivity index (χ0) is 16.9. The molecule has 0 fully saturated rings. The first-order valence-corrected chi connectivity index (χ1v) is 7.43. The molecule has 0 aliphatic heterocycles. The zero-order valence-corrected chi connectivity index (χ0v) is 13.1. The van der Waals surface area contributed by atoms with E-state index in [2.05, 4.69) is 25.5 Å². The molecule has 0 atom stereocenters. The molecule has 24 heavy (non-hydrogen) atoms. The van der Waals surface area contributed by atoms with E-state index in [0.717, 1.165) is 5.56 Å². The third-order valence-corrected chi connectivity index (χ3v) is 3.59. The van der Waals surface area contributed by atoms with Crippen LogP contribution in [0, 0.1) is 0 Å². The van der Waals surface area contributed by atoms with Crippen LogP contribution in [-0.2, 0) is 6.54 Å². The molecule has 0 radical (unpaired) electrons. The highest BCUT2D eigenvalue weighted by atomic mass is 35.5. The fourth-order valence-corrected chi connectivity index (χ4v) is 2.21. The average molecular weight is 342 g/mol. The number of halogens is 1. The number of rotatable bonds is 4. The number of H-pyrrole nitrogens is 1. The van der Waals surface area contributed by atoms with E-state index < -0.39 is 11.5 Å². The summed E-state index contributed by atoms with van der Waals surface area (Å²) in [5.41, 5.74) is 0.246. The number of aromatic amines is 1. The molecule has 1 aromatic carbocycles. The van der Waals surface area contributed by atoms with Gasteiger partial charge in [0, 0.05) is 17.8 Å². The Morgan fingerprint density at radius 1 is 1.12 bits per heavy atom. The van der Waals surface area contributed by atoms with Crippen molar-refractivity contribution in [2.75, 3.05) is 0 Å². The van der Waals surface area contributed by atoms with Gasteiger partial charge in [-0.05, 0) is 23.8 Å². The Kier molecular flexibility index (Phi) is 4.62. The number of pyridine rings is 1. The number of nitrogens with one attached hydrogen (secondary N) is 2. The molecule has 2 N–H and O–H groups in total. The summed E-state index contributed by atoms with van der Waals surface area (Å²) in [5.74, 6) is -0.431. The highest BCUT2D eigenvalue weighted by Crippen LogP contribution is 2.14. The molecule has 0 aliphatic rings. The van der Waals surface area contributed by atoms with Crippen LogP contribution in [0.1, 0.15) is 16.1 Å². The summed E-state index contributed by atoms with van der Waals surface area (Å²) < 4.78 is 0. The lowest BCUT2D eigenvalue weighted by Crippen LogP contribution is -2.31. The average Bonchev–Trinajstić information content (AvgIpc) is 2.61. The fraction of sp³-hybridized carbons (Fsp3) is 0.0625. The van der Waals surface area contributed by atoms with Crippen LogP contribution in [-0.4, -0.2) is 26.1 Å². The van der Waals surface area contributed by atoms with Crippen LogP contribution in [0.3, 0.4) is 0 Å². The summed E-state index contributed by atoms with van der Waals surface area (Å²) in [7, 11) is 0. The van der Waals surface area contributed by atoms with Crippen LogP contribution in [0.15, 0.2) is 53.5 Å². The Morgan fingerprint density at radius 3 is 2.62 bits per heavy atom. The maximum atomic E-state index is 12.1. The van der Waals surface area contributed by atoms with Crippen molar-refractivity contribution < 1.29 is 4.79 Å². The van der Waals surface area contributed by atoms with E-state index in [-0.39, 0.29) is 18.1 Å². The Balaban J connectivity index is 1.76. The molecule has 0 saturated carbocycles. The van der Waals surface area contributed by atoms with Crippen molar-refractivity contribution in [1.29, 1.82) is 0 Å². The summed E-state index contributed by atoms with van der Waals surface area (Å²) in [6, 6.07) is 12.3. The number of benzene rings is 1. The van der Waals surface area contributed by atoms with Gasteiger partial charge in [-0.3, -0.25) is 14.6 Å². The Hall–Kier alpha value is -3.06. The van der Waals surface area contributed by atoms with Crippen molar-refractivity contribution in [3.05, 3.63) is 75.3 Å². The zero-order valence-electron chi connectivity index (χ0n) is 12.4. The molecule has 0 aliphatic carbocycles. The van der Waals surface area contributed by atoms with Crippen molar-refractivity contribution in [3.63, 3.8) is 0 Å². The Morgan fingerprint density at radius 2 is 1.92 bits per heavy atom. The Labute approximate surface area is 141 Å². The summed E-state index contributed by atoms with van der Waals surface area (Å²) in [4.78, 5) is 30.7. The molecule has 0 bridgehead atoms. The van der Waals surface area contributed by atoms with E-state index in [1.165, 1.54) is 0 Å². The van der Waals surface area contributed by atoms with Crippen LogP contribution in [0.25, 0.3) is 11.5 Å². The highest BCUT2D eigenvalue weighted by Gasteiger charge is 2.15. The summed E-state index contributed by atoms with van der Waals surface area (Å²) in [5, 5.41) is 10.7. The molecule has 3 rings (SSSR count). The number of hydrogen-bond donors (Lipinski definition) is 2. The maximum absolute atomic E-state index is 12.1. The van der Waals surface area contributed by atoms with Gasteiger partial charge >= 0.3 is 0 Å². The van der Waals surface area contributed by atoms with E-state index >= 15 is 0 Å². The number of hydrogen-bond acceptors (Lipinski definition) is 5.